The Hall–Kier alpha value is -6.42. The first-order chi connectivity index (χ1) is 37.2. The van der Waals surface area contributed by atoms with Crippen molar-refractivity contribution in [1.82, 2.24) is 41.3 Å². The highest BCUT2D eigenvalue weighted by atomic mass is 35.5. The number of alkyl carbamates (subject to hydrolysis) is 2. The summed E-state index contributed by atoms with van der Waals surface area (Å²) < 4.78 is 102. The van der Waals surface area contributed by atoms with Crippen molar-refractivity contribution < 1.29 is 64.8 Å². The topological polar surface area (TPSA) is 200 Å². The number of carbonyl (C=O) groups excluding carboxylic acids is 4. The van der Waals surface area contributed by atoms with Crippen LogP contribution in [0.4, 0.5) is 41.7 Å². The predicted molar refractivity (Wildman–Crippen MR) is 280 cm³/mol. The number of ether oxygens (including phenoxy) is 3. The van der Waals surface area contributed by atoms with E-state index in [0.29, 0.717) is 73.8 Å². The summed E-state index contributed by atoms with van der Waals surface area (Å²) in [6.45, 7) is 4.59. The molecule has 0 saturated carbocycles. The van der Waals surface area contributed by atoms with Gasteiger partial charge in [0.25, 0.3) is 5.91 Å². The maximum Gasteiger partial charge on any atom is 0.407 e. The number of amides is 4. The number of hydrogen-bond donors (Lipinski definition) is 5. The molecule has 0 aliphatic carbocycles. The van der Waals surface area contributed by atoms with Crippen LogP contribution in [0.25, 0.3) is 11.3 Å². The molecule has 426 valence electrons. The summed E-state index contributed by atoms with van der Waals surface area (Å²) in [7, 11) is 1.75. The minimum Gasteiger partial charge on any atom is -0.453 e. The minimum atomic E-state index is -5.10. The molecule has 3 aliphatic heterocycles. The van der Waals surface area contributed by atoms with Crippen LogP contribution < -0.4 is 26.3 Å². The third kappa shape index (κ3) is 14.3. The van der Waals surface area contributed by atoms with Gasteiger partial charge in [-0.1, -0.05) is 53.2 Å². The summed E-state index contributed by atoms with van der Waals surface area (Å²) in [6, 6.07) is 13.3. The van der Waals surface area contributed by atoms with Gasteiger partial charge in [-0.25, -0.2) is 19.6 Å². The van der Waals surface area contributed by atoms with Crippen LogP contribution >= 0.6 is 23.2 Å². The van der Waals surface area contributed by atoms with Crippen molar-refractivity contribution in [3.05, 3.63) is 111 Å². The molecule has 5 heterocycles. The molecule has 4 aromatic rings. The Labute approximate surface area is 463 Å². The van der Waals surface area contributed by atoms with Crippen molar-refractivity contribution in [3.8, 4) is 23.1 Å². The van der Waals surface area contributed by atoms with Gasteiger partial charge in [-0.05, 0) is 101 Å². The number of anilines is 1. The molecule has 4 amide bonds. The van der Waals surface area contributed by atoms with Gasteiger partial charge in [-0.15, -0.1) is 0 Å². The molecule has 3 aliphatic rings. The van der Waals surface area contributed by atoms with Gasteiger partial charge in [0.2, 0.25) is 5.91 Å². The monoisotopic (exact) mass is 1150 g/mol. The molecular weight excluding hydrogens is 1090 g/mol. The van der Waals surface area contributed by atoms with Gasteiger partial charge in [-0.2, -0.15) is 26.3 Å². The largest absolute Gasteiger partial charge is 0.453 e. The number of pyridine rings is 2. The van der Waals surface area contributed by atoms with Crippen LogP contribution in [0.5, 0.6) is 0 Å². The molecular formula is C54H61Cl2F6N9O8. The van der Waals surface area contributed by atoms with Gasteiger partial charge in [0, 0.05) is 83.0 Å². The quantitative estimate of drug-likeness (QED) is 0.0374. The Bertz CT molecular complexity index is 2830. The number of carbonyl (C=O) groups is 4. The van der Waals surface area contributed by atoms with Crippen molar-refractivity contribution in [2.75, 3.05) is 52.0 Å². The van der Waals surface area contributed by atoms with Gasteiger partial charge in [0.1, 0.15) is 17.9 Å². The first-order valence-electron chi connectivity index (χ1n) is 25.1. The summed E-state index contributed by atoms with van der Waals surface area (Å²) in [5.74, 6) is 4.15. The van der Waals surface area contributed by atoms with Crippen LogP contribution in [0.15, 0.2) is 79.1 Å². The molecule has 25 heteroatoms. The van der Waals surface area contributed by atoms with E-state index in [9.17, 15) is 50.6 Å². The number of methoxy groups -OCH3 is 2. The van der Waals surface area contributed by atoms with Crippen LogP contribution in [-0.2, 0) is 36.8 Å². The van der Waals surface area contributed by atoms with Crippen molar-refractivity contribution in [1.29, 1.82) is 0 Å². The minimum absolute atomic E-state index is 0.0230. The summed E-state index contributed by atoms with van der Waals surface area (Å²) >= 11 is 13.6. The fraction of sp³-hybridized carbons (Fsp3) is 0.481. The number of hydrogen-bond acceptors (Lipinski definition) is 13. The molecule has 0 spiro atoms. The standard InChI is InChI=1S/C54H61Cl2F6N9O8/c1-51(2,53(57,58)59)45(66-49(75)77-5)47(73)65-42(21-32-13-10-31(11-14-32)12-15-33-16-19-44(64-24-33)69-25-35-17-18-36(26-69)71(35)37-29-79-30-37)43(72)28-70(68-48(74)46(67-50(76)78-6)52(3,4)54(60,61)62)27-38-39(55)22-34(23-40(38)56)41-9-7-8-20-63-41/h7-11,13-14,16,19-20,22-24,35-37,42-43,45-46,72H,17-18,21,25-30H2,1-6H3,(H,65,73)(H,66,75)(H,67,76)(H,68,74)/t35?,36?,42-,43-,45?,46+/m0/s1. The van der Waals surface area contributed by atoms with Gasteiger partial charge >= 0.3 is 24.5 Å². The molecule has 3 fully saturated rings. The zero-order valence-corrected chi connectivity index (χ0v) is 45.5. The Balaban J connectivity index is 1.17. The van der Waals surface area contributed by atoms with E-state index >= 15 is 0 Å². The van der Waals surface area contributed by atoms with Gasteiger partial charge in [0.15, 0.2) is 0 Å². The maximum atomic E-state index is 14.6. The number of piperazine rings is 1. The van der Waals surface area contributed by atoms with Crippen LogP contribution in [0, 0.1) is 22.7 Å². The molecule has 7 rings (SSSR count). The van der Waals surface area contributed by atoms with Gasteiger partial charge in [0.05, 0.1) is 62.1 Å². The molecule has 79 heavy (non-hydrogen) atoms. The Morgan fingerprint density at radius 1 is 0.772 bits per heavy atom. The fourth-order valence-electron chi connectivity index (χ4n) is 9.61. The first kappa shape index (κ1) is 60.2. The van der Waals surface area contributed by atoms with E-state index in [1.54, 1.807) is 48.7 Å². The van der Waals surface area contributed by atoms with Crippen LogP contribution in [0.2, 0.25) is 10.0 Å². The average molecular weight is 1150 g/mol. The van der Waals surface area contributed by atoms with Gasteiger partial charge < -0.3 is 40.2 Å². The zero-order chi connectivity index (χ0) is 57.6. The van der Waals surface area contributed by atoms with Crippen LogP contribution in [-0.4, -0.2) is 151 Å². The molecule has 5 N–H and O–H groups in total. The van der Waals surface area contributed by atoms with E-state index < -0.39 is 84.5 Å². The molecule has 17 nitrogen and oxygen atoms in total. The lowest BCUT2D eigenvalue weighted by Crippen LogP contribution is -2.63. The highest BCUT2D eigenvalue weighted by molar-refractivity contribution is 6.36. The number of hydrazine groups is 1. The molecule has 3 unspecified atom stereocenters. The Kier molecular flexibility index (Phi) is 19.0. The first-order valence-corrected chi connectivity index (χ1v) is 25.9. The van der Waals surface area contributed by atoms with E-state index in [1.807, 2.05) is 22.8 Å². The number of nitrogens with zero attached hydrogens (tertiary/aromatic N) is 5. The fourth-order valence-corrected chi connectivity index (χ4v) is 10.2. The zero-order valence-electron chi connectivity index (χ0n) is 44.0. The molecule has 6 atom stereocenters. The second kappa shape index (κ2) is 24.9. The van der Waals surface area contributed by atoms with Crippen molar-refractivity contribution in [3.63, 3.8) is 0 Å². The lowest BCUT2D eigenvalue weighted by atomic mass is 9.82. The highest BCUT2D eigenvalue weighted by Crippen LogP contribution is 2.42. The van der Waals surface area contributed by atoms with Crippen molar-refractivity contribution in [2.24, 2.45) is 10.8 Å². The van der Waals surface area contributed by atoms with Gasteiger partial charge in [-0.3, -0.25) is 24.9 Å². The second-order valence-corrected chi connectivity index (χ2v) is 21.5. The normalized spacial score (nSPS) is 18.5. The van der Waals surface area contributed by atoms with Crippen molar-refractivity contribution in [2.45, 2.75) is 108 Å². The van der Waals surface area contributed by atoms with E-state index in [4.69, 9.17) is 32.9 Å². The van der Waals surface area contributed by atoms with E-state index in [1.165, 1.54) is 18.3 Å². The summed E-state index contributed by atoms with van der Waals surface area (Å²) in [5.41, 5.74) is -1.03. The Morgan fingerprint density at radius 3 is 1.82 bits per heavy atom. The predicted octanol–water partition coefficient (Wildman–Crippen LogP) is 7.45. The van der Waals surface area contributed by atoms with Crippen LogP contribution in [0.3, 0.4) is 0 Å². The number of alkyl halides is 6. The number of rotatable bonds is 18. The number of aliphatic hydroxyl groups is 1. The molecule has 2 aromatic heterocycles. The summed E-state index contributed by atoms with van der Waals surface area (Å²) in [6.07, 6.45) is -9.74. The lowest BCUT2D eigenvalue weighted by molar-refractivity contribution is -0.221. The summed E-state index contributed by atoms with van der Waals surface area (Å²) in [5, 5.41) is 19.4. The third-order valence-corrected chi connectivity index (χ3v) is 15.3. The van der Waals surface area contributed by atoms with E-state index in [-0.39, 0.29) is 22.0 Å². The highest BCUT2D eigenvalue weighted by Gasteiger charge is 2.57. The number of halogens is 8. The molecule has 0 radical (unpaired) electrons. The number of benzene rings is 2. The number of aliphatic hydroxyl groups excluding tert-OH is 1. The SMILES string of the molecule is COC(=O)NC(C(=O)N[C@@H](Cc1ccc(C#Cc2ccc(N3CC4CCC(C3)N4C3COC3)nc2)cc1)[C@@H](O)CN(Cc1c(Cl)cc(-c2ccccn2)cc1Cl)NC(=O)[C@@H](NC(=O)OC)C(C)(C)C(F)(F)F)C(C)(C)C(F)(F)F. The number of fused-ring (bicyclic) bond motifs is 2. The third-order valence-electron chi connectivity index (χ3n) is 14.7. The average Bonchev–Trinajstić information content (AvgIpc) is 3.78. The summed E-state index contributed by atoms with van der Waals surface area (Å²) in [4.78, 5) is 67.1. The molecule has 2 bridgehead atoms. The number of nitrogens with one attached hydrogen (secondary N) is 4. The van der Waals surface area contributed by atoms with E-state index in [0.717, 1.165) is 64.2 Å². The van der Waals surface area contributed by atoms with Crippen LogP contribution in [0.1, 0.15) is 62.8 Å². The van der Waals surface area contributed by atoms with Crippen molar-refractivity contribution >= 4 is 53.0 Å². The number of aromatic nitrogens is 2. The van der Waals surface area contributed by atoms with E-state index in [2.05, 4.69) is 46.8 Å². The smallest absolute Gasteiger partial charge is 0.407 e. The lowest BCUT2D eigenvalue weighted by Gasteiger charge is -2.47. The second-order valence-electron chi connectivity index (χ2n) is 20.7. The Morgan fingerprint density at radius 2 is 1.33 bits per heavy atom. The maximum absolute atomic E-state index is 14.6. The molecule has 2 aromatic carbocycles. The molecule has 3 saturated heterocycles.